The Morgan fingerprint density at radius 1 is 0.941 bits per heavy atom. The first-order chi connectivity index (χ1) is 16.3. The van der Waals surface area contributed by atoms with Gasteiger partial charge in [0.05, 0.1) is 24.5 Å². The Labute approximate surface area is 202 Å². The molecular formula is C28H32N2O3S. The van der Waals surface area contributed by atoms with Gasteiger partial charge < -0.3 is 5.32 Å². The van der Waals surface area contributed by atoms with Crippen molar-refractivity contribution in [2.75, 3.05) is 10.6 Å². The van der Waals surface area contributed by atoms with E-state index in [1.54, 1.807) is 24.3 Å². The maximum Gasteiger partial charge on any atom is 0.251 e. The highest BCUT2D eigenvalue weighted by Gasteiger charge is 2.19. The smallest absolute Gasteiger partial charge is 0.251 e. The van der Waals surface area contributed by atoms with E-state index in [9.17, 15) is 13.2 Å². The molecule has 1 N–H and O–H groups in total. The lowest BCUT2D eigenvalue weighted by molar-refractivity contribution is 0.0935. The topological polar surface area (TPSA) is 66.5 Å². The maximum atomic E-state index is 13.0. The second kappa shape index (κ2) is 10.4. The zero-order chi connectivity index (χ0) is 24.1. The van der Waals surface area contributed by atoms with Crippen LogP contribution in [0, 0.1) is 0 Å². The number of fused-ring (bicyclic) bond motifs is 1. The van der Waals surface area contributed by atoms with E-state index in [-0.39, 0.29) is 18.5 Å². The normalized spacial score (nSPS) is 14.2. The molecule has 1 atom stereocenters. The largest absolute Gasteiger partial charge is 0.345 e. The number of hydrogen-bond donors (Lipinski definition) is 1. The first-order valence-corrected chi connectivity index (χ1v) is 13.7. The molecule has 1 aliphatic rings. The summed E-state index contributed by atoms with van der Waals surface area (Å²) in [5, 5.41) is 3.17. The standard InChI is InChI=1S/C28H32N2O3S/c1-3-27(25-18-17-22-9-7-8-10-24(22)19-25)29-28(31)23-15-13-21(14-16-23)20-30(34(2,32)33)26-11-5-4-6-12-26/h4-6,11-19,27H,3,7-10,20H2,1-2H3,(H,29,31)/t27-/m0/s1. The minimum Gasteiger partial charge on any atom is -0.345 e. The van der Waals surface area contributed by atoms with Crippen LogP contribution in [0.3, 0.4) is 0 Å². The predicted octanol–water partition coefficient (Wildman–Crippen LogP) is 5.41. The van der Waals surface area contributed by atoms with Crippen molar-refractivity contribution in [3.63, 3.8) is 0 Å². The van der Waals surface area contributed by atoms with Crippen LogP contribution < -0.4 is 9.62 Å². The Morgan fingerprint density at radius 2 is 1.62 bits per heavy atom. The first kappa shape index (κ1) is 24.0. The van der Waals surface area contributed by atoms with E-state index < -0.39 is 10.0 Å². The van der Waals surface area contributed by atoms with Gasteiger partial charge in [-0.2, -0.15) is 0 Å². The number of hydrogen-bond acceptors (Lipinski definition) is 3. The Balaban J connectivity index is 1.46. The predicted molar refractivity (Wildman–Crippen MR) is 137 cm³/mol. The van der Waals surface area contributed by atoms with Gasteiger partial charge in [0.25, 0.3) is 5.91 Å². The van der Waals surface area contributed by atoms with Crippen LogP contribution in [-0.2, 0) is 29.4 Å². The summed E-state index contributed by atoms with van der Waals surface area (Å²) in [5.41, 5.74) is 5.99. The fourth-order valence-electron chi connectivity index (χ4n) is 4.55. The van der Waals surface area contributed by atoms with Gasteiger partial charge in [0.2, 0.25) is 10.0 Å². The number of rotatable bonds is 8. The highest BCUT2D eigenvalue weighted by atomic mass is 32.2. The molecule has 0 aromatic heterocycles. The van der Waals surface area contributed by atoms with Gasteiger partial charge in [-0.1, -0.05) is 55.5 Å². The molecule has 34 heavy (non-hydrogen) atoms. The van der Waals surface area contributed by atoms with Gasteiger partial charge >= 0.3 is 0 Å². The lowest BCUT2D eigenvalue weighted by Crippen LogP contribution is -2.29. The average molecular weight is 477 g/mol. The van der Waals surface area contributed by atoms with Crippen LogP contribution >= 0.6 is 0 Å². The molecular weight excluding hydrogens is 444 g/mol. The maximum absolute atomic E-state index is 13.0. The number of amides is 1. The van der Waals surface area contributed by atoms with E-state index in [0.29, 0.717) is 11.3 Å². The molecule has 3 aromatic carbocycles. The van der Waals surface area contributed by atoms with Crippen molar-refractivity contribution in [2.24, 2.45) is 0 Å². The number of sulfonamides is 1. The minimum atomic E-state index is -3.45. The number of anilines is 1. The molecule has 1 amide bonds. The molecule has 0 spiro atoms. The summed E-state index contributed by atoms with van der Waals surface area (Å²) in [7, 11) is -3.45. The molecule has 178 valence electrons. The lowest BCUT2D eigenvalue weighted by atomic mass is 9.88. The molecule has 0 fully saturated rings. The summed E-state index contributed by atoms with van der Waals surface area (Å²) >= 11 is 0. The van der Waals surface area contributed by atoms with Crippen LogP contribution in [-0.4, -0.2) is 20.6 Å². The van der Waals surface area contributed by atoms with Crippen molar-refractivity contribution in [3.8, 4) is 0 Å². The summed E-state index contributed by atoms with van der Waals surface area (Å²) in [5.74, 6) is -0.126. The second-order valence-corrected chi connectivity index (χ2v) is 10.9. The molecule has 1 aliphatic carbocycles. The van der Waals surface area contributed by atoms with Gasteiger partial charge in [-0.15, -0.1) is 0 Å². The number of nitrogens with one attached hydrogen (secondary N) is 1. The Morgan fingerprint density at radius 3 is 2.26 bits per heavy atom. The van der Waals surface area contributed by atoms with Crippen LogP contribution in [0.2, 0.25) is 0 Å². The number of aryl methyl sites for hydroxylation is 2. The van der Waals surface area contributed by atoms with Gasteiger partial charge in [-0.25, -0.2) is 8.42 Å². The number of benzene rings is 3. The van der Waals surface area contributed by atoms with Crippen LogP contribution in [0.4, 0.5) is 5.69 Å². The van der Waals surface area contributed by atoms with Crippen LogP contribution in [0.25, 0.3) is 0 Å². The van der Waals surface area contributed by atoms with E-state index in [1.165, 1.54) is 34.5 Å². The van der Waals surface area contributed by atoms with Crippen molar-refractivity contribution in [3.05, 3.63) is 101 Å². The number of para-hydroxylation sites is 1. The van der Waals surface area contributed by atoms with E-state index in [2.05, 4.69) is 30.4 Å². The number of nitrogens with zero attached hydrogens (tertiary/aromatic N) is 1. The van der Waals surface area contributed by atoms with Crippen molar-refractivity contribution in [1.29, 1.82) is 0 Å². The van der Waals surface area contributed by atoms with Crippen molar-refractivity contribution in [1.82, 2.24) is 5.32 Å². The minimum absolute atomic E-state index is 0.0433. The molecule has 5 nitrogen and oxygen atoms in total. The molecule has 4 rings (SSSR count). The number of carbonyl (C=O) groups excluding carboxylic acids is 1. The summed E-state index contributed by atoms with van der Waals surface area (Å²) < 4.78 is 26.1. The Kier molecular flexibility index (Phi) is 7.37. The molecule has 0 aliphatic heterocycles. The van der Waals surface area contributed by atoms with E-state index in [0.717, 1.165) is 30.4 Å². The number of carbonyl (C=O) groups is 1. The van der Waals surface area contributed by atoms with Gasteiger partial charge in [0.1, 0.15) is 0 Å². The monoisotopic (exact) mass is 476 g/mol. The fourth-order valence-corrected chi connectivity index (χ4v) is 5.44. The van der Waals surface area contributed by atoms with Gasteiger partial charge in [0, 0.05) is 5.56 Å². The van der Waals surface area contributed by atoms with E-state index >= 15 is 0 Å². The zero-order valence-corrected chi connectivity index (χ0v) is 20.6. The second-order valence-electron chi connectivity index (χ2n) is 8.97. The average Bonchev–Trinajstić information content (AvgIpc) is 2.85. The van der Waals surface area contributed by atoms with Crippen molar-refractivity contribution < 1.29 is 13.2 Å². The van der Waals surface area contributed by atoms with Crippen molar-refractivity contribution >= 4 is 21.6 Å². The zero-order valence-electron chi connectivity index (χ0n) is 19.8. The van der Waals surface area contributed by atoms with Gasteiger partial charge in [0.15, 0.2) is 0 Å². The van der Waals surface area contributed by atoms with Crippen LogP contribution in [0.5, 0.6) is 0 Å². The Bertz CT molecular complexity index is 1240. The van der Waals surface area contributed by atoms with E-state index in [4.69, 9.17) is 0 Å². The van der Waals surface area contributed by atoms with Crippen molar-refractivity contribution in [2.45, 2.75) is 51.6 Å². The molecule has 0 unspecified atom stereocenters. The highest BCUT2D eigenvalue weighted by molar-refractivity contribution is 7.92. The molecule has 0 saturated heterocycles. The molecule has 0 heterocycles. The van der Waals surface area contributed by atoms with Gasteiger partial charge in [-0.05, 0) is 78.6 Å². The summed E-state index contributed by atoms with van der Waals surface area (Å²) in [4.78, 5) is 13.0. The Hall–Kier alpha value is -3.12. The third-order valence-electron chi connectivity index (χ3n) is 6.48. The fraction of sp³-hybridized carbons (Fsp3) is 0.321. The third-order valence-corrected chi connectivity index (χ3v) is 7.62. The molecule has 6 heteroatoms. The lowest BCUT2D eigenvalue weighted by Gasteiger charge is -2.23. The first-order valence-electron chi connectivity index (χ1n) is 11.9. The molecule has 0 saturated carbocycles. The summed E-state index contributed by atoms with van der Waals surface area (Å²) in [6.07, 6.45) is 6.75. The van der Waals surface area contributed by atoms with Crippen LogP contribution in [0.1, 0.15) is 64.8 Å². The van der Waals surface area contributed by atoms with E-state index in [1.807, 2.05) is 30.3 Å². The third kappa shape index (κ3) is 5.68. The molecule has 0 radical (unpaired) electrons. The quantitative estimate of drug-likeness (QED) is 0.473. The van der Waals surface area contributed by atoms with Crippen LogP contribution in [0.15, 0.2) is 72.8 Å². The molecule has 0 bridgehead atoms. The summed E-state index contributed by atoms with van der Waals surface area (Å²) in [6, 6.07) is 22.7. The van der Waals surface area contributed by atoms with Gasteiger partial charge in [-0.3, -0.25) is 9.10 Å². The highest BCUT2D eigenvalue weighted by Crippen LogP contribution is 2.26. The SMILES string of the molecule is CC[C@H](NC(=O)c1ccc(CN(c2ccccc2)S(C)(=O)=O)cc1)c1ccc2c(c1)CCCC2. The summed E-state index contributed by atoms with van der Waals surface area (Å²) in [6.45, 7) is 2.29. The molecule has 3 aromatic rings.